The summed E-state index contributed by atoms with van der Waals surface area (Å²) in [6.45, 7) is 7.91. The third kappa shape index (κ3) is 5.95. The Morgan fingerprint density at radius 3 is 2.28 bits per heavy atom. The second-order valence-corrected chi connectivity index (χ2v) is 11.7. The molecule has 36 heavy (non-hydrogen) atoms. The Balaban J connectivity index is 1.61. The molecule has 196 valence electrons. The van der Waals surface area contributed by atoms with Crippen molar-refractivity contribution in [1.29, 1.82) is 0 Å². The summed E-state index contributed by atoms with van der Waals surface area (Å²) in [6.07, 6.45) is -0.790. The molecule has 4 rings (SSSR count). The van der Waals surface area contributed by atoms with E-state index in [2.05, 4.69) is 20.0 Å². The molecule has 2 aromatic heterocycles. The summed E-state index contributed by atoms with van der Waals surface area (Å²) >= 11 is 1.34. The average molecular weight is 524 g/mol. The van der Waals surface area contributed by atoms with E-state index in [0.717, 1.165) is 31.7 Å². The minimum Gasteiger partial charge on any atom is -0.375 e. The van der Waals surface area contributed by atoms with Gasteiger partial charge in [0.15, 0.2) is 5.60 Å². The maximum Gasteiger partial charge on any atom is 0.422 e. The van der Waals surface area contributed by atoms with Crippen molar-refractivity contribution in [2.45, 2.75) is 75.7 Å². The van der Waals surface area contributed by atoms with E-state index in [-0.39, 0.29) is 16.9 Å². The number of rotatable bonds is 6. The third-order valence-corrected chi connectivity index (χ3v) is 7.83. The largest absolute Gasteiger partial charge is 0.422 e. The number of pyridine rings is 2. The minimum atomic E-state index is -4.91. The van der Waals surface area contributed by atoms with E-state index < -0.39 is 23.4 Å². The van der Waals surface area contributed by atoms with Gasteiger partial charge in [-0.3, -0.25) is 9.52 Å². The van der Waals surface area contributed by atoms with Crippen molar-refractivity contribution in [2.24, 2.45) is 5.41 Å². The molecule has 2 fully saturated rings. The molecule has 11 heteroatoms. The minimum absolute atomic E-state index is 0.135. The second-order valence-electron chi connectivity index (χ2n) is 10.9. The highest BCUT2D eigenvalue weighted by Gasteiger charge is 2.53. The quantitative estimate of drug-likeness (QED) is 0.444. The molecular formula is C25H32F3N5O2S. The number of aliphatic hydroxyl groups is 1. The first-order chi connectivity index (χ1) is 16.7. The smallest absolute Gasteiger partial charge is 0.375 e. The van der Waals surface area contributed by atoms with Crippen LogP contribution < -0.4 is 14.9 Å². The number of nitrogens with one attached hydrogen (secondary N) is 2. The number of piperidine rings is 1. The van der Waals surface area contributed by atoms with Gasteiger partial charge in [0.25, 0.3) is 5.91 Å². The molecule has 3 heterocycles. The van der Waals surface area contributed by atoms with Crippen LogP contribution in [0.1, 0.15) is 69.4 Å². The Morgan fingerprint density at radius 2 is 1.69 bits per heavy atom. The number of carbonyl (C=O) groups excluding carboxylic acids is 1. The number of hydrogen-bond acceptors (Lipinski definition) is 7. The van der Waals surface area contributed by atoms with E-state index in [1.807, 2.05) is 31.7 Å². The standard InChI is InChI=1S/C25H32F3N5O2S/c1-22(2,3)32-36-19-7-5-6-18(30-19)31-21(34)16-8-9-17(23(4,35)25(26,27)28)29-20(16)33-14-12-24(10-11-24)13-15-33/h5-9,32,35H,10-15H2,1-4H3,(H,30,31,34). The van der Waals surface area contributed by atoms with Gasteiger partial charge in [0.05, 0.1) is 11.3 Å². The highest BCUT2D eigenvalue weighted by Crippen LogP contribution is 2.54. The first-order valence-electron chi connectivity index (χ1n) is 12.0. The molecule has 7 nitrogen and oxygen atoms in total. The van der Waals surface area contributed by atoms with Crippen LogP contribution in [0.5, 0.6) is 0 Å². The van der Waals surface area contributed by atoms with Gasteiger partial charge in [-0.15, -0.1) is 0 Å². The van der Waals surface area contributed by atoms with Crippen molar-refractivity contribution in [3.8, 4) is 0 Å². The Labute approximate surface area is 213 Å². The highest BCUT2D eigenvalue weighted by molar-refractivity contribution is 7.97. The molecule has 1 saturated heterocycles. The van der Waals surface area contributed by atoms with E-state index in [9.17, 15) is 23.1 Å². The van der Waals surface area contributed by atoms with Crippen LogP contribution in [0, 0.1) is 5.41 Å². The molecule has 1 unspecified atom stereocenters. The first kappa shape index (κ1) is 26.7. The molecule has 1 atom stereocenters. The Kier molecular flexibility index (Phi) is 7.04. The van der Waals surface area contributed by atoms with Gasteiger partial charge in [0.2, 0.25) is 0 Å². The fourth-order valence-corrected chi connectivity index (χ4v) is 4.78. The van der Waals surface area contributed by atoms with Crippen LogP contribution in [0.15, 0.2) is 35.4 Å². The molecule has 1 saturated carbocycles. The number of alkyl halides is 3. The molecule has 2 aliphatic rings. The molecule has 1 amide bonds. The monoisotopic (exact) mass is 523 g/mol. The summed E-state index contributed by atoms with van der Waals surface area (Å²) in [5.41, 5.74) is -3.36. The Bertz CT molecular complexity index is 1120. The summed E-state index contributed by atoms with van der Waals surface area (Å²) in [5, 5.41) is 13.6. The fourth-order valence-electron chi connectivity index (χ4n) is 4.08. The maximum atomic E-state index is 13.5. The first-order valence-corrected chi connectivity index (χ1v) is 12.8. The number of hydrogen-bond donors (Lipinski definition) is 3. The van der Waals surface area contributed by atoms with Gasteiger partial charge >= 0.3 is 6.18 Å². The molecule has 2 aromatic rings. The predicted octanol–water partition coefficient (Wildman–Crippen LogP) is 5.27. The zero-order chi connectivity index (χ0) is 26.4. The van der Waals surface area contributed by atoms with Crippen LogP contribution >= 0.6 is 11.9 Å². The van der Waals surface area contributed by atoms with Gasteiger partial charge in [0.1, 0.15) is 16.7 Å². The zero-order valence-corrected chi connectivity index (χ0v) is 21.7. The van der Waals surface area contributed by atoms with Gasteiger partial charge in [-0.1, -0.05) is 6.07 Å². The van der Waals surface area contributed by atoms with E-state index in [1.165, 1.54) is 18.0 Å². The zero-order valence-electron chi connectivity index (χ0n) is 20.9. The van der Waals surface area contributed by atoms with Gasteiger partial charge in [0, 0.05) is 18.6 Å². The van der Waals surface area contributed by atoms with Gasteiger partial charge < -0.3 is 15.3 Å². The molecule has 0 radical (unpaired) electrons. The highest BCUT2D eigenvalue weighted by atomic mass is 32.2. The summed E-state index contributed by atoms with van der Waals surface area (Å²) in [5.74, 6) is -0.0700. The van der Waals surface area contributed by atoms with Gasteiger partial charge in [-0.05, 0) is 95.0 Å². The fraction of sp³-hybridized carbons (Fsp3) is 0.560. The lowest BCUT2D eigenvalue weighted by atomic mass is 9.93. The van der Waals surface area contributed by atoms with E-state index in [1.54, 1.807) is 12.1 Å². The molecule has 1 spiro atoms. The third-order valence-electron chi connectivity index (χ3n) is 6.68. The van der Waals surface area contributed by atoms with Gasteiger partial charge in [-0.2, -0.15) is 13.2 Å². The molecule has 0 bridgehead atoms. The number of aromatic nitrogens is 2. The predicted molar refractivity (Wildman–Crippen MR) is 134 cm³/mol. The van der Waals surface area contributed by atoms with Crippen LogP contribution in [-0.2, 0) is 5.60 Å². The average Bonchev–Trinajstić information content (AvgIpc) is 3.55. The summed E-state index contributed by atoms with van der Waals surface area (Å²) in [7, 11) is 0. The van der Waals surface area contributed by atoms with Crippen LogP contribution in [0.3, 0.4) is 0 Å². The van der Waals surface area contributed by atoms with Crippen molar-refractivity contribution in [3.63, 3.8) is 0 Å². The number of nitrogens with zero attached hydrogens (tertiary/aromatic N) is 3. The number of amides is 1. The van der Waals surface area contributed by atoms with Crippen LogP contribution in [0.4, 0.5) is 24.8 Å². The second kappa shape index (κ2) is 9.50. The molecule has 1 aliphatic carbocycles. The maximum absolute atomic E-state index is 13.5. The van der Waals surface area contributed by atoms with Crippen molar-refractivity contribution >= 4 is 29.5 Å². The summed E-state index contributed by atoms with van der Waals surface area (Å²) < 4.78 is 43.8. The lowest BCUT2D eigenvalue weighted by molar-refractivity contribution is -0.260. The molecule has 1 aliphatic heterocycles. The van der Waals surface area contributed by atoms with E-state index >= 15 is 0 Å². The number of carbonyl (C=O) groups is 1. The van der Waals surface area contributed by atoms with Gasteiger partial charge in [-0.25, -0.2) is 9.97 Å². The van der Waals surface area contributed by atoms with Crippen LogP contribution in [0.25, 0.3) is 0 Å². The normalized spacial score (nSPS) is 19.2. The number of anilines is 2. The van der Waals surface area contributed by atoms with Crippen LogP contribution in [0.2, 0.25) is 0 Å². The van der Waals surface area contributed by atoms with Crippen molar-refractivity contribution < 1.29 is 23.1 Å². The van der Waals surface area contributed by atoms with E-state index in [4.69, 9.17) is 0 Å². The summed E-state index contributed by atoms with van der Waals surface area (Å²) in [4.78, 5) is 23.8. The number of halogens is 3. The van der Waals surface area contributed by atoms with Crippen molar-refractivity contribution in [2.75, 3.05) is 23.3 Å². The topological polar surface area (TPSA) is 90.4 Å². The Morgan fingerprint density at radius 1 is 1.03 bits per heavy atom. The molecule has 0 aromatic carbocycles. The Hall–Kier alpha value is -2.37. The molecular weight excluding hydrogens is 491 g/mol. The lowest BCUT2D eigenvalue weighted by Gasteiger charge is -2.35. The van der Waals surface area contributed by atoms with Crippen molar-refractivity contribution in [3.05, 3.63) is 41.6 Å². The molecule has 3 N–H and O–H groups in total. The SMILES string of the molecule is CC(C)(C)NSc1cccc(NC(=O)c2ccc(C(C)(O)C(F)(F)F)nc2N2CCC3(CC2)CC3)n1. The van der Waals surface area contributed by atoms with Crippen molar-refractivity contribution in [1.82, 2.24) is 14.7 Å². The van der Waals surface area contributed by atoms with Crippen LogP contribution in [-0.4, -0.2) is 45.8 Å². The summed E-state index contributed by atoms with van der Waals surface area (Å²) in [6, 6.07) is 7.58. The lowest BCUT2D eigenvalue weighted by Crippen LogP contribution is -2.41. The van der Waals surface area contributed by atoms with E-state index in [0.29, 0.717) is 36.3 Å².